The Morgan fingerprint density at radius 1 is 1.00 bits per heavy atom. The monoisotopic (exact) mass is 327 g/mol. The van der Waals surface area contributed by atoms with E-state index in [1.165, 1.54) is 74.1 Å². The Bertz CT molecular complexity index is 678. The molecule has 2 aromatic rings. The van der Waals surface area contributed by atoms with Gasteiger partial charge in [-0.2, -0.15) is 0 Å². The number of benzene rings is 1. The van der Waals surface area contributed by atoms with Gasteiger partial charge in [-0.1, -0.05) is 19.1 Å². The first-order valence-corrected chi connectivity index (χ1v) is 9.59. The number of fused-ring (bicyclic) bond motifs is 1. The maximum Gasteiger partial charge on any atom is 0.0487 e. The summed E-state index contributed by atoms with van der Waals surface area (Å²) in [5, 5.41) is 1.48. The fourth-order valence-corrected chi connectivity index (χ4v) is 4.04. The van der Waals surface area contributed by atoms with Crippen LogP contribution in [0.2, 0.25) is 0 Å². The van der Waals surface area contributed by atoms with Crippen molar-refractivity contribution in [2.75, 3.05) is 39.8 Å². The van der Waals surface area contributed by atoms with Gasteiger partial charge in [0.25, 0.3) is 0 Å². The van der Waals surface area contributed by atoms with Gasteiger partial charge in [0.2, 0.25) is 0 Å². The highest BCUT2D eigenvalue weighted by molar-refractivity contribution is 5.86. The lowest BCUT2D eigenvalue weighted by molar-refractivity contribution is 0.153. The largest absolute Gasteiger partial charge is 0.345 e. The molecule has 0 radical (unpaired) electrons. The molecule has 132 valence electrons. The molecule has 1 saturated heterocycles. The van der Waals surface area contributed by atoms with Crippen LogP contribution in [0.5, 0.6) is 0 Å². The normalized spacial score (nSPS) is 17.0. The van der Waals surface area contributed by atoms with Gasteiger partial charge < -0.3 is 14.4 Å². The van der Waals surface area contributed by atoms with Crippen LogP contribution in [0.4, 0.5) is 0 Å². The Hall–Kier alpha value is -1.32. The molecule has 0 atom stereocenters. The van der Waals surface area contributed by atoms with Crippen LogP contribution in [0, 0.1) is 13.8 Å². The molecule has 24 heavy (non-hydrogen) atoms. The third kappa shape index (κ3) is 3.68. The summed E-state index contributed by atoms with van der Waals surface area (Å²) in [6, 6.07) is 6.97. The van der Waals surface area contributed by atoms with Gasteiger partial charge in [0.05, 0.1) is 0 Å². The van der Waals surface area contributed by atoms with Crippen molar-refractivity contribution >= 4 is 10.9 Å². The van der Waals surface area contributed by atoms with Crippen molar-refractivity contribution < 1.29 is 0 Å². The lowest BCUT2D eigenvalue weighted by Gasteiger charge is -2.32. The van der Waals surface area contributed by atoms with E-state index in [0.717, 1.165) is 6.54 Å². The van der Waals surface area contributed by atoms with Crippen molar-refractivity contribution in [3.63, 3.8) is 0 Å². The van der Waals surface area contributed by atoms with Crippen molar-refractivity contribution in [3.05, 3.63) is 35.0 Å². The first-order valence-electron chi connectivity index (χ1n) is 9.59. The SMILES string of the molecule is CCCn1c(C)c(CCCN2CCN(C)CC2)c2ccc(C)cc21. The number of likely N-dealkylation sites (N-methyl/N-ethyl adjacent to an activating group) is 1. The number of hydrogen-bond acceptors (Lipinski definition) is 2. The van der Waals surface area contributed by atoms with Gasteiger partial charge in [0.1, 0.15) is 0 Å². The second-order valence-corrected chi connectivity index (χ2v) is 7.48. The fourth-order valence-electron chi connectivity index (χ4n) is 4.04. The Labute approximate surface area is 147 Å². The summed E-state index contributed by atoms with van der Waals surface area (Å²) >= 11 is 0. The van der Waals surface area contributed by atoms with Crippen molar-refractivity contribution in [2.45, 2.75) is 46.6 Å². The zero-order valence-corrected chi connectivity index (χ0v) is 15.9. The first-order chi connectivity index (χ1) is 11.6. The molecule has 0 unspecified atom stereocenters. The lowest BCUT2D eigenvalue weighted by atomic mass is 10.0. The molecule has 0 amide bonds. The van der Waals surface area contributed by atoms with Crippen LogP contribution in [0.3, 0.4) is 0 Å². The number of rotatable bonds is 6. The highest BCUT2D eigenvalue weighted by Gasteiger charge is 2.16. The van der Waals surface area contributed by atoms with Crippen LogP contribution in [0.25, 0.3) is 10.9 Å². The van der Waals surface area contributed by atoms with E-state index in [0.29, 0.717) is 0 Å². The molecule has 1 aliphatic heterocycles. The predicted octanol–water partition coefficient (Wildman–Crippen LogP) is 3.85. The minimum Gasteiger partial charge on any atom is -0.345 e. The van der Waals surface area contributed by atoms with Gasteiger partial charge in [-0.05, 0) is 63.9 Å². The second-order valence-electron chi connectivity index (χ2n) is 7.48. The molecule has 1 fully saturated rings. The van der Waals surface area contributed by atoms with E-state index >= 15 is 0 Å². The molecule has 3 heteroatoms. The lowest BCUT2D eigenvalue weighted by Crippen LogP contribution is -2.44. The van der Waals surface area contributed by atoms with E-state index < -0.39 is 0 Å². The summed E-state index contributed by atoms with van der Waals surface area (Å²) < 4.78 is 2.54. The van der Waals surface area contributed by atoms with Crippen molar-refractivity contribution in [1.29, 1.82) is 0 Å². The van der Waals surface area contributed by atoms with Gasteiger partial charge in [0, 0.05) is 49.3 Å². The minimum atomic E-state index is 1.13. The second kappa shape index (κ2) is 7.71. The van der Waals surface area contributed by atoms with E-state index in [9.17, 15) is 0 Å². The molecule has 0 saturated carbocycles. The highest BCUT2D eigenvalue weighted by atomic mass is 15.2. The average molecular weight is 328 g/mol. The quantitative estimate of drug-likeness (QED) is 0.798. The molecule has 3 rings (SSSR count). The third-order valence-corrected chi connectivity index (χ3v) is 5.55. The predicted molar refractivity (Wildman–Crippen MR) is 104 cm³/mol. The molecule has 2 heterocycles. The highest BCUT2D eigenvalue weighted by Crippen LogP contribution is 2.28. The number of hydrogen-bond donors (Lipinski definition) is 0. The van der Waals surface area contributed by atoms with Crippen molar-refractivity contribution in [1.82, 2.24) is 14.4 Å². The molecular weight excluding hydrogens is 294 g/mol. The first kappa shape index (κ1) is 17.5. The van der Waals surface area contributed by atoms with Crippen molar-refractivity contribution in [2.24, 2.45) is 0 Å². The molecule has 0 N–H and O–H groups in total. The van der Waals surface area contributed by atoms with Crippen LogP contribution in [-0.2, 0) is 13.0 Å². The molecule has 1 aromatic heterocycles. The molecule has 3 nitrogen and oxygen atoms in total. The number of aromatic nitrogens is 1. The standard InChI is InChI=1S/C21H33N3/c1-5-10-24-18(3)19(20-9-8-17(2)16-21(20)24)7-6-11-23-14-12-22(4)13-15-23/h8-9,16H,5-7,10-15H2,1-4H3. The summed E-state index contributed by atoms with van der Waals surface area (Å²) in [4.78, 5) is 5.06. The summed E-state index contributed by atoms with van der Waals surface area (Å²) in [7, 11) is 2.23. The molecular formula is C21H33N3. The molecule has 0 aliphatic carbocycles. The Kier molecular flexibility index (Phi) is 5.62. The number of aryl methyl sites for hydroxylation is 3. The number of piperazine rings is 1. The zero-order chi connectivity index (χ0) is 17.1. The summed E-state index contributed by atoms with van der Waals surface area (Å²) in [5.74, 6) is 0. The molecule has 0 spiro atoms. The van der Waals surface area contributed by atoms with E-state index in [1.807, 2.05) is 0 Å². The minimum absolute atomic E-state index is 1.13. The van der Waals surface area contributed by atoms with Gasteiger partial charge >= 0.3 is 0 Å². The van der Waals surface area contributed by atoms with E-state index in [-0.39, 0.29) is 0 Å². The smallest absolute Gasteiger partial charge is 0.0487 e. The Morgan fingerprint density at radius 2 is 1.75 bits per heavy atom. The molecule has 1 aliphatic rings. The van der Waals surface area contributed by atoms with Crippen LogP contribution >= 0.6 is 0 Å². The van der Waals surface area contributed by atoms with Gasteiger partial charge in [-0.25, -0.2) is 0 Å². The van der Waals surface area contributed by atoms with Crippen LogP contribution in [0.1, 0.15) is 36.6 Å². The van der Waals surface area contributed by atoms with E-state index in [1.54, 1.807) is 5.56 Å². The van der Waals surface area contributed by atoms with Crippen LogP contribution in [0.15, 0.2) is 18.2 Å². The number of nitrogens with zero attached hydrogens (tertiary/aromatic N) is 3. The van der Waals surface area contributed by atoms with E-state index in [4.69, 9.17) is 0 Å². The maximum atomic E-state index is 2.63. The zero-order valence-electron chi connectivity index (χ0n) is 15.9. The molecule has 0 bridgehead atoms. The molecule has 1 aromatic carbocycles. The fraction of sp³-hybridized carbons (Fsp3) is 0.619. The Morgan fingerprint density at radius 3 is 2.46 bits per heavy atom. The van der Waals surface area contributed by atoms with Crippen LogP contribution in [-0.4, -0.2) is 54.1 Å². The van der Waals surface area contributed by atoms with E-state index in [2.05, 4.69) is 60.4 Å². The van der Waals surface area contributed by atoms with Gasteiger partial charge in [-0.15, -0.1) is 0 Å². The summed E-state index contributed by atoms with van der Waals surface area (Å²) in [6.07, 6.45) is 3.66. The van der Waals surface area contributed by atoms with Gasteiger partial charge in [0.15, 0.2) is 0 Å². The topological polar surface area (TPSA) is 11.4 Å². The Balaban J connectivity index is 1.73. The summed E-state index contributed by atoms with van der Waals surface area (Å²) in [5.41, 5.74) is 5.86. The van der Waals surface area contributed by atoms with Gasteiger partial charge in [-0.3, -0.25) is 0 Å². The average Bonchev–Trinajstić information content (AvgIpc) is 2.82. The van der Waals surface area contributed by atoms with Crippen LogP contribution < -0.4 is 0 Å². The van der Waals surface area contributed by atoms with Crippen molar-refractivity contribution in [3.8, 4) is 0 Å². The summed E-state index contributed by atoms with van der Waals surface area (Å²) in [6.45, 7) is 14.0. The third-order valence-electron chi connectivity index (χ3n) is 5.55. The maximum absolute atomic E-state index is 2.63.